The number of benzene rings is 2. The number of hydrogen-bond donors (Lipinski definition) is 1. The molecule has 35 heavy (non-hydrogen) atoms. The molecule has 0 saturated heterocycles. The SMILES string of the molecule is CNC(=O)[C@H](C)N(Cc1ccc(Cl)cc1Cl)C(=O)CN(c1cc([N+](=O)[O-])ccc1OC)S(C)(=O)=O. The summed E-state index contributed by atoms with van der Waals surface area (Å²) in [6.45, 7) is 0.579. The topological polar surface area (TPSA) is 139 Å². The van der Waals surface area contributed by atoms with Gasteiger partial charge in [0.05, 0.1) is 18.3 Å². The molecule has 1 N–H and O–H groups in total. The fourth-order valence-corrected chi connectivity index (χ4v) is 4.52. The molecule has 11 nitrogen and oxygen atoms in total. The van der Waals surface area contributed by atoms with Crippen molar-refractivity contribution in [1.82, 2.24) is 10.2 Å². The zero-order chi connectivity index (χ0) is 26.5. The van der Waals surface area contributed by atoms with Crippen LogP contribution in [-0.4, -0.2) is 63.1 Å². The number of anilines is 1. The zero-order valence-corrected chi connectivity index (χ0v) is 21.6. The molecule has 0 saturated carbocycles. The number of carbonyl (C=O) groups excluding carboxylic acids is 2. The minimum atomic E-state index is -4.12. The second-order valence-electron chi connectivity index (χ2n) is 7.43. The van der Waals surface area contributed by atoms with Gasteiger partial charge in [-0.05, 0) is 30.7 Å². The molecular weight excluding hydrogens is 523 g/mol. The minimum Gasteiger partial charge on any atom is -0.495 e. The van der Waals surface area contributed by atoms with Gasteiger partial charge in [0.1, 0.15) is 24.0 Å². The number of nitro benzene ring substituents is 1. The molecule has 2 aromatic carbocycles. The maximum atomic E-state index is 13.4. The number of rotatable bonds is 10. The summed E-state index contributed by atoms with van der Waals surface area (Å²) in [6.07, 6.45) is 0.848. The van der Waals surface area contributed by atoms with Crippen molar-refractivity contribution >= 4 is 56.4 Å². The Morgan fingerprint density at radius 2 is 1.86 bits per heavy atom. The van der Waals surface area contributed by atoms with Crippen LogP contribution in [0.15, 0.2) is 36.4 Å². The Morgan fingerprint density at radius 3 is 2.37 bits per heavy atom. The van der Waals surface area contributed by atoms with Crippen LogP contribution in [0.1, 0.15) is 12.5 Å². The Morgan fingerprint density at radius 1 is 1.20 bits per heavy atom. The van der Waals surface area contributed by atoms with E-state index in [1.807, 2.05) is 0 Å². The molecule has 0 aromatic heterocycles. The lowest BCUT2D eigenvalue weighted by molar-refractivity contribution is -0.384. The van der Waals surface area contributed by atoms with Gasteiger partial charge in [0.2, 0.25) is 21.8 Å². The molecule has 0 aliphatic rings. The van der Waals surface area contributed by atoms with Gasteiger partial charge in [-0.1, -0.05) is 29.3 Å². The van der Waals surface area contributed by atoms with Crippen molar-refractivity contribution in [3.8, 4) is 5.75 Å². The van der Waals surface area contributed by atoms with Gasteiger partial charge in [-0.3, -0.25) is 24.0 Å². The maximum absolute atomic E-state index is 13.4. The Hall–Kier alpha value is -3.09. The molecular formula is C21H24Cl2N4O7S. The highest BCUT2D eigenvalue weighted by atomic mass is 35.5. The van der Waals surface area contributed by atoms with Crippen molar-refractivity contribution in [3.05, 3.63) is 62.1 Å². The number of ether oxygens (including phenoxy) is 1. The van der Waals surface area contributed by atoms with Gasteiger partial charge < -0.3 is 15.0 Å². The number of likely N-dealkylation sites (N-methyl/N-ethyl adjacent to an activating group) is 1. The molecule has 2 aromatic rings. The first-order valence-corrected chi connectivity index (χ1v) is 12.7. The summed E-state index contributed by atoms with van der Waals surface area (Å²) < 4.78 is 31.2. The van der Waals surface area contributed by atoms with E-state index in [0.717, 1.165) is 23.3 Å². The summed E-state index contributed by atoms with van der Waals surface area (Å²) in [5.74, 6) is -1.26. The lowest BCUT2D eigenvalue weighted by atomic mass is 10.1. The Kier molecular flexibility index (Phi) is 9.30. The highest BCUT2D eigenvalue weighted by Crippen LogP contribution is 2.34. The number of hydrogen-bond acceptors (Lipinski definition) is 7. The molecule has 0 heterocycles. The van der Waals surface area contributed by atoms with Crippen LogP contribution in [0.3, 0.4) is 0 Å². The molecule has 190 valence electrons. The molecule has 0 bridgehead atoms. The summed E-state index contributed by atoms with van der Waals surface area (Å²) in [7, 11) is -1.46. The first-order chi connectivity index (χ1) is 16.3. The lowest BCUT2D eigenvalue weighted by Gasteiger charge is -2.31. The predicted molar refractivity (Wildman–Crippen MR) is 132 cm³/mol. The van der Waals surface area contributed by atoms with E-state index in [4.69, 9.17) is 27.9 Å². The van der Waals surface area contributed by atoms with Crippen molar-refractivity contribution in [2.45, 2.75) is 19.5 Å². The van der Waals surface area contributed by atoms with E-state index >= 15 is 0 Å². The predicted octanol–water partition coefficient (Wildman–Crippen LogP) is 2.84. The highest BCUT2D eigenvalue weighted by molar-refractivity contribution is 7.92. The number of amides is 2. The monoisotopic (exact) mass is 546 g/mol. The summed E-state index contributed by atoms with van der Waals surface area (Å²) in [4.78, 5) is 37.5. The van der Waals surface area contributed by atoms with Crippen molar-refractivity contribution < 1.29 is 27.7 Å². The number of sulfonamides is 1. The van der Waals surface area contributed by atoms with Gasteiger partial charge in [-0.2, -0.15) is 0 Å². The van der Waals surface area contributed by atoms with E-state index < -0.39 is 45.0 Å². The molecule has 0 fully saturated rings. The van der Waals surface area contributed by atoms with E-state index in [-0.39, 0.29) is 23.0 Å². The molecule has 0 radical (unpaired) electrons. The Balaban J connectivity index is 2.54. The summed E-state index contributed by atoms with van der Waals surface area (Å²) in [5.41, 5.74) is -0.126. The van der Waals surface area contributed by atoms with Crippen LogP contribution >= 0.6 is 23.2 Å². The van der Waals surface area contributed by atoms with Crippen LogP contribution < -0.4 is 14.4 Å². The van der Waals surface area contributed by atoms with Crippen LogP contribution in [0, 0.1) is 10.1 Å². The lowest BCUT2D eigenvalue weighted by Crippen LogP contribution is -2.50. The van der Waals surface area contributed by atoms with Crippen LogP contribution in [0.5, 0.6) is 5.75 Å². The third kappa shape index (κ3) is 6.96. The van der Waals surface area contributed by atoms with E-state index in [1.54, 1.807) is 12.1 Å². The average Bonchev–Trinajstić information content (AvgIpc) is 2.79. The number of non-ortho nitro benzene ring substituents is 1. The molecule has 0 aliphatic heterocycles. The molecule has 0 spiro atoms. The normalized spacial score (nSPS) is 11.9. The standard InChI is InChI=1S/C21H24Cl2N4O7S/c1-13(21(29)24-2)25(11-14-5-6-15(22)9-17(14)23)20(28)12-26(35(4,32)33)18-10-16(27(30)31)7-8-19(18)34-3/h5-10,13H,11-12H2,1-4H3,(H,24,29)/t13-/m0/s1. The van der Waals surface area contributed by atoms with E-state index in [2.05, 4.69) is 5.32 Å². The van der Waals surface area contributed by atoms with Gasteiger partial charge in [-0.25, -0.2) is 8.42 Å². The van der Waals surface area contributed by atoms with Crippen molar-refractivity contribution in [1.29, 1.82) is 0 Å². The second-order valence-corrected chi connectivity index (χ2v) is 10.2. The van der Waals surface area contributed by atoms with Gasteiger partial charge in [-0.15, -0.1) is 0 Å². The largest absolute Gasteiger partial charge is 0.495 e. The van der Waals surface area contributed by atoms with Crippen LogP contribution in [0.2, 0.25) is 10.0 Å². The van der Waals surface area contributed by atoms with E-state index in [1.165, 1.54) is 33.2 Å². The number of nitrogens with zero attached hydrogens (tertiary/aromatic N) is 3. The van der Waals surface area contributed by atoms with Crippen molar-refractivity contribution in [2.24, 2.45) is 0 Å². The fraction of sp³-hybridized carbons (Fsp3) is 0.333. The number of halogens is 2. The van der Waals surface area contributed by atoms with Gasteiger partial charge in [0.15, 0.2) is 0 Å². The molecule has 0 aliphatic carbocycles. The molecule has 14 heteroatoms. The van der Waals surface area contributed by atoms with Gasteiger partial charge in [0.25, 0.3) is 5.69 Å². The number of nitro groups is 1. The Bertz CT molecular complexity index is 1240. The molecule has 0 unspecified atom stereocenters. The molecule has 1 atom stereocenters. The number of carbonyl (C=O) groups is 2. The third-order valence-electron chi connectivity index (χ3n) is 5.09. The van der Waals surface area contributed by atoms with E-state index in [0.29, 0.717) is 14.9 Å². The van der Waals surface area contributed by atoms with Crippen LogP contribution in [-0.2, 0) is 26.2 Å². The smallest absolute Gasteiger partial charge is 0.271 e. The second kappa shape index (κ2) is 11.6. The van der Waals surface area contributed by atoms with Gasteiger partial charge in [0, 0.05) is 35.8 Å². The number of nitrogens with one attached hydrogen (secondary N) is 1. The quantitative estimate of drug-likeness (QED) is 0.357. The fourth-order valence-electron chi connectivity index (χ4n) is 3.21. The average molecular weight is 547 g/mol. The van der Waals surface area contributed by atoms with Crippen molar-refractivity contribution in [3.63, 3.8) is 0 Å². The summed E-state index contributed by atoms with van der Waals surface area (Å²) in [5, 5.41) is 14.3. The summed E-state index contributed by atoms with van der Waals surface area (Å²) >= 11 is 12.2. The van der Waals surface area contributed by atoms with Crippen LogP contribution in [0.4, 0.5) is 11.4 Å². The first kappa shape index (κ1) is 28.1. The minimum absolute atomic E-state index is 0.000436. The van der Waals surface area contributed by atoms with Gasteiger partial charge >= 0.3 is 0 Å². The highest BCUT2D eigenvalue weighted by Gasteiger charge is 2.32. The molecule has 2 rings (SSSR count). The third-order valence-corrected chi connectivity index (χ3v) is 6.80. The molecule has 2 amide bonds. The Labute approximate surface area is 212 Å². The van der Waals surface area contributed by atoms with Crippen molar-refractivity contribution in [2.75, 3.05) is 31.3 Å². The maximum Gasteiger partial charge on any atom is 0.271 e. The van der Waals surface area contributed by atoms with E-state index in [9.17, 15) is 28.1 Å². The zero-order valence-electron chi connectivity index (χ0n) is 19.3. The summed E-state index contributed by atoms with van der Waals surface area (Å²) in [6, 6.07) is 6.99. The number of methoxy groups -OCH3 is 1. The van der Waals surface area contributed by atoms with Crippen LogP contribution in [0.25, 0.3) is 0 Å². The first-order valence-electron chi connectivity index (χ1n) is 10.0.